The van der Waals surface area contributed by atoms with Crippen molar-refractivity contribution in [3.8, 4) is 0 Å². The fourth-order valence-electron chi connectivity index (χ4n) is 2.65. The molecule has 0 amide bonds. The molecule has 2 saturated heterocycles. The molecule has 88 valence electrons. The smallest absolute Gasteiger partial charge is 0.0565 e. The average molecular weight is 213 g/mol. The third-order valence-corrected chi connectivity index (χ3v) is 3.42. The zero-order valence-corrected chi connectivity index (χ0v) is 9.87. The SMILES string of the molecule is CC1CC(NCC2CCOC2)CC(C)O1. The summed E-state index contributed by atoms with van der Waals surface area (Å²) in [5.74, 6) is 0.735. The van der Waals surface area contributed by atoms with Crippen LogP contribution >= 0.6 is 0 Å². The number of hydrogen-bond donors (Lipinski definition) is 1. The van der Waals surface area contributed by atoms with Crippen molar-refractivity contribution in [3.05, 3.63) is 0 Å². The summed E-state index contributed by atoms with van der Waals surface area (Å²) >= 11 is 0. The highest BCUT2D eigenvalue weighted by Crippen LogP contribution is 2.20. The van der Waals surface area contributed by atoms with Gasteiger partial charge in [0.1, 0.15) is 0 Å². The van der Waals surface area contributed by atoms with Crippen molar-refractivity contribution in [2.45, 2.75) is 51.4 Å². The lowest BCUT2D eigenvalue weighted by atomic mass is 9.99. The molecule has 1 N–H and O–H groups in total. The summed E-state index contributed by atoms with van der Waals surface area (Å²) in [7, 11) is 0. The van der Waals surface area contributed by atoms with E-state index in [1.54, 1.807) is 0 Å². The Balaban J connectivity index is 1.69. The molecule has 0 spiro atoms. The van der Waals surface area contributed by atoms with Crippen molar-refractivity contribution in [2.24, 2.45) is 5.92 Å². The van der Waals surface area contributed by atoms with E-state index < -0.39 is 0 Å². The van der Waals surface area contributed by atoms with E-state index in [9.17, 15) is 0 Å². The molecule has 0 radical (unpaired) electrons. The van der Waals surface area contributed by atoms with Crippen LogP contribution in [0.25, 0.3) is 0 Å². The Bertz CT molecular complexity index is 182. The van der Waals surface area contributed by atoms with Gasteiger partial charge in [0.15, 0.2) is 0 Å². The molecule has 2 aliphatic rings. The Labute approximate surface area is 92.5 Å². The van der Waals surface area contributed by atoms with Gasteiger partial charge in [-0.25, -0.2) is 0 Å². The maximum absolute atomic E-state index is 5.72. The molecular formula is C12H23NO2. The van der Waals surface area contributed by atoms with Gasteiger partial charge in [0, 0.05) is 19.2 Å². The molecule has 2 rings (SSSR count). The molecule has 0 saturated carbocycles. The van der Waals surface area contributed by atoms with Gasteiger partial charge in [-0.2, -0.15) is 0 Å². The highest BCUT2D eigenvalue weighted by molar-refractivity contribution is 4.80. The molecule has 0 bridgehead atoms. The van der Waals surface area contributed by atoms with E-state index in [4.69, 9.17) is 9.47 Å². The first-order valence-corrected chi connectivity index (χ1v) is 6.20. The van der Waals surface area contributed by atoms with E-state index in [0.29, 0.717) is 18.2 Å². The highest BCUT2D eigenvalue weighted by Gasteiger charge is 2.25. The lowest BCUT2D eigenvalue weighted by Gasteiger charge is -2.33. The van der Waals surface area contributed by atoms with Crippen molar-refractivity contribution < 1.29 is 9.47 Å². The topological polar surface area (TPSA) is 30.5 Å². The Morgan fingerprint density at radius 2 is 1.93 bits per heavy atom. The normalized spacial score (nSPS) is 42.0. The fraction of sp³-hybridized carbons (Fsp3) is 1.00. The Morgan fingerprint density at radius 3 is 2.53 bits per heavy atom. The van der Waals surface area contributed by atoms with E-state index in [2.05, 4.69) is 19.2 Å². The minimum Gasteiger partial charge on any atom is -0.381 e. The number of ether oxygens (including phenoxy) is 2. The highest BCUT2D eigenvalue weighted by atomic mass is 16.5. The standard InChI is InChI=1S/C12H23NO2/c1-9-5-12(6-10(2)15-9)13-7-11-3-4-14-8-11/h9-13H,3-8H2,1-2H3. The van der Waals surface area contributed by atoms with Gasteiger partial charge in [0.25, 0.3) is 0 Å². The van der Waals surface area contributed by atoms with Crippen LogP contribution in [0.2, 0.25) is 0 Å². The molecule has 0 aliphatic carbocycles. The summed E-state index contributed by atoms with van der Waals surface area (Å²) in [6, 6.07) is 0.643. The lowest BCUT2D eigenvalue weighted by molar-refractivity contribution is -0.0424. The maximum Gasteiger partial charge on any atom is 0.0565 e. The zero-order valence-electron chi connectivity index (χ0n) is 9.87. The summed E-state index contributed by atoms with van der Waals surface area (Å²) in [6.45, 7) is 7.35. The third kappa shape index (κ3) is 3.44. The van der Waals surface area contributed by atoms with Crippen molar-refractivity contribution in [2.75, 3.05) is 19.8 Å². The van der Waals surface area contributed by atoms with Crippen molar-refractivity contribution >= 4 is 0 Å². The second kappa shape index (κ2) is 5.28. The molecule has 2 aliphatic heterocycles. The van der Waals surface area contributed by atoms with Crippen LogP contribution in [-0.2, 0) is 9.47 Å². The van der Waals surface area contributed by atoms with Crippen molar-refractivity contribution in [3.63, 3.8) is 0 Å². The quantitative estimate of drug-likeness (QED) is 0.772. The average Bonchev–Trinajstić information content (AvgIpc) is 2.65. The van der Waals surface area contributed by atoms with Crippen LogP contribution in [0, 0.1) is 5.92 Å². The maximum atomic E-state index is 5.72. The van der Waals surface area contributed by atoms with Gasteiger partial charge in [-0.1, -0.05) is 0 Å². The van der Waals surface area contributed by atoms with E-state index in [0.717, 1.165) is 38.5 Å². The first kappa shape index (κ1) is 11.4. The molecule has 0 aromatic carbocycles. The molecule has 3 nitrogen and oxygen atoms in total. The second-order valence-electron chi connectivity index (χ2n) is 5.06. The van der Waals surface area contributed by atoms with Crippen LogP contribution in [-0.4, -0.2) is 38.0 Å². The lowest BCUT2D eigenvalue weighted by Crippen LogP contribution is -2.43. The van der Waals surface area contributed by atoms with E-state index >= 15 is 0 Å². The Hall–Kier alpha value is -0.120. The van der Waals surface area contributed by atoms with Crippen LogP contribution in [0.1, 0.15) is 33.1 Å². The number of rotatable bonds is 3. The van der Waals surface area contributed by atoms with Gasteiger partial charge in [-0.15, -0.1) is 0 Å². The first-order valence-electron chi connectivity index (χ1n) is 6.20. The molecule has 15 heavy (non-hydrogen) atoms. The third-order valence-electron chi connectivity index (χ3n) is 3.42. The van der Waals surface area contributed by atoms with E-state index in [1.807, 2.05) is 0 Å². The van der Waals surface area contributed by atoms with Gasteiger partial charge in [-0.3, -0.25) is 0 Å². The largest absolute Gasteiger partial charge is 0.381 e. The van der Waals surface area contributed by atoms with E-state index in [-0.39, 0.29) is 0 Å². The Morgan fingerprint density at radius 1 is 1.20 bits per heavy atom. The zero-order chi connectivity index (χ0) is 10.7. The summed E-state index contributed by atoms with van der Waals surface area (Å²) in [6.07, 6.45) is 4.34. The predicted molar refractivity (Wildman–Crippen MR) is 60.0 cm³/mol. The van der Waals surface area contributed by atoms with Crippen LogP contribution < -0.4 is 5.32 Å². The van der Waals surface area contributed by atoms with Crippen LogP contribution in [0.15, 0.2) is 0 Å². The molecular weight excluding hydrogens is 190 g/mol. The van der Waals surface area contributed by atoms with Gasteiger partial charge < -0.3 is 14.8 Å². The first-order chi connectivity index (χ1) is 7.24. The number of hydrogen-bond acceptors (Lipinski definition) is 3. The molecule has 3 atom stereocenters. The van der Waals surface area contributed by atoms with Gasteiger partial charge in [0.05, 0.1) is 18.8 Å². The molecule has 0 aromatic rings. The fourth-order valence-corrected chi connectivity index (χ4v) is 2.65. The summed E-state index contributed by atoms with van der Waals surface area (Å²) in [5.41, 5.74) is 0. The summed E-state index contributed by atoms with van der Waals surface area (Å²) < 4.78 is 11.1. The monoisotopic (exact) mass is 213 g/mol. The van der Waals surface area contributed by atoms with Gasteiger partial charge >= 0.3 is 0 Å². The minimum absolute atomic E-state index is 0.408. The molecule has 3 heteroatoms. The summed E-state index contributed by atoms with van der Waals surface area (Å²) in [4.78, 5) is 0. The number of nitrogens with one attached hydrogen (secondary N) is 1. The second-order valence-corrected chi connectivity index (χ2v) is 5.06. The Kier molecular flexibility index (Phi) is 4.00. The molecule has 0 aromatic heterocycles. The van der Waals surface area contributed by atoms with Crippen molar-refractivity contribution in [1.82, 2.24) is 5.32 Å². The van der Waals surface area contributed by atoms with Gasteiger partial charge in [-0.05, 0) is 39.0 Å². The van der Waals surface area contributed by atoms with Crippen LogP contribution in [0.4, 0.5) is 0 Å². The molecule has 3 unspecified atom stereocenters. The minimum atomic E-state index is 0.408. The van der Waals surface area contributed by atoms with Crippen molar-refractivity contribution in [1.29, 1.82) is 0 Å². The van der Waals surface area contributed by atoms with Gasteiger partial charge in [0.2, 0.25) is 0 Å². The predicted octanol–water partition coefficient (Wildman–Crippen LogP) is 1.57. The molecule has 2 heterocycles. The summed E-state index contributed by atoms with van der Waals surface area (Å²) in [5, 5.41) is 3.66. The van der Waals surface area contributed by atoms with E-state index in [1.165, 1.54) is 6.42 Å². The molecule has 2 fully saturated rings. The van der Waals surface area contributed by atoms with Crippen LogP contribution in [0.3, 0.4) is 0 Å². The van der Waals surface area contributed by atoms with Crippen LogP contribution in [0.5, 0.6) is 0 Å².